The van der Waals surface area contributed by atoms with Gasteiger partial charge in [-0.3, -0.25) is 4.79 Å². The van der Waals surface area contributed by atoms with Gasteiger partial charge in [0, 0.05) is 17.2 Å². The summed E-state index contributed by atoms with van der Waals surface area (Å²) in [5.74, 6) is 0.844. The molecule has 0 unspecified atom stereocenters. The molecular formula is C11H10N2O3. The second-order valence-electron chi connectivity index (χ2n) is 3.19. The molecule has 0 radical (unpaired) electrons. The van der Waals surface area contributed by atoms with E-state index < -0.39 is 0 Å². The van der Waals surface area contributed by atoms with Crippen LogP contribution in [-0.2, 0) is 0 Å². The van der Waals surface area contributed by atoms with Gasteiger partial charge in [0.15, 0.2) is 6.29 Å². The maximum Gasteiger partial charge on any atom is 0.222 e. The zero-order valence-corrected chi connectivity index (χ0v) is 8.64. The molecule has 0 bridgehead atoms. The second kappa shape index (κ2) is 4.06. The van der Waals surface area contributed by atoms with Crippen molar-refractivity contribution < 1.29 is 14.1 Å². The number of benzene rings is 1. The standard InChI is InChI=1S/C11H10N2O3/c1-15-8-3-2-7(6-14)9(4-8)10-5-11(12)16-13-10/h2-6H,12H2,1H3. The molecule has 0 atom stereocenters. The van der Waals surface area contributed by atoms with Gasteiger partial charge in [0.2, 0.25) is 5.88 Å². The zero-order valence-electron chi connectivity index (χ0n) is 8.64. The number of anilines is 1. The van der Waals surface area contributed by atoms with Crippen molar-refractivity contribution in [1.29, 1.82) is 0 Å². The van der Waals surface area contributed by atoms with E-state index in [1.165, 1.54) is 0 Å². The van der Waals surface area contributed by atoms with Crippen LogP contribution in [0.5, 0.6) is 5.75 Å². The van der Waals surface area contributed by atoms with Crippen molar-refractivity contribution >= 4 is 12.2 Å². The first-order valence-corrected chi connectivity index (χ1v) is 4.60. The largest absolute Gasteiger partial charge is 0.497 e. The fourth-order valence-electron chi connectivity index (χ4n) is 1.40. The van der Waals surface area contributed by atoms with Crippen LogP contribution < -0.4 is 10.5 Å². The number of carbonyl (C=O) groups excluding carboxylic acids is 1. The Kier molecular flexibility index (Phi) is 2.59. The van der Waals surface area contributed by atoms with E-state index in [0.29, 0.717) is 22.6 Å². The first-order chi connectivity index (χ1) is 7.74. The van der Waals surface area contributed by atoms with Crippen molar-refractivity contribution in [2.45, 2.75) is 0 Å². The smallest absolute Gasteiger partial charge is 0.222 e. The summed E-state index contributed by atoms with van der Waals surface area (Å²) < 4.78 is 9.84. The first kappa shape index (κ1) is 10.2. The van der Waals surface area contributed by atoms with Crippen molar-refractivity contribution in [2.75, 3.05) is 12.8 Å². The topological polar surface area (TPSA) is 78.4 Å². The number of ether oxygens (including phenoxy) is 1. The molecule has 0 spiro atoms. The van der Waals surface area contributed by atoms with E-state index in [-0.39, 0.29) is 5.88 Å². The van der Waals surface area contributed by atoms with Crippen molar-refractivity contribution in [1.82, 2.24) is 5.16 Å². The lowest BCUT2D eigenvalue weighted by Crippen LogP contribution is -1.90. The van der Waals surface area contributed by atoms with Crippen LogP contribution in [0, 0.1) is 0 Å². The minimum Gasteiger partial charge on any atom is -0.497 e. The van der Waals surface area contributed by atoms with Crippen LogP contribution in [0.3, 0.4) is 0 Å². The van der Waals surface area contributed by atoms with E-state index in [9.17, 15) is 4.79 Å². The highest BCUT2D eigenvalue weighted by atomic mass is 16.5. The van der Waals surface area contributed by atoms with E-state index in [1.807, 2.05) is 0 Å². The summed E-state index contributed by atoms with van der Waals surface area (Å²) in [7, 11) is 1.55. The molecule has 0 aliphatic rings. The third-order valence-electron chi connectivity index (χ3n) is 2.19. The van der Waals surface area contributed by atoms with E-state index in [0.717, 1.165) is 6.29 Å². The number of aldehydes is 1. The molecule has 1 aromatic heterocycles. The highest BCUT2D eigenvalue weighted by Gasteiger charge is 2.10. The molecule has 82 valence electrons. The zero-order chi connectivity index (χ0) is 11.5. The van der Waals surface area contributed by atoms with Gasteiger partial charge in [0.1, 0.15) is 11.4 Å². The summed E-state index contributed by atoms with van der Waals surface area (Å²) in [4.78, 5) is 10.9. The molecular weight excluding hydrogens is 208 g/mol. The monoisotopic (exact) mass is 218 g/mol. The number of hydrogen-bond acceptors (Lipinski definition) is 5. The Morgan fingerprint density at radius 2 is 2.25 bits per heavy atom. The molecule has 0 fully saturated rings. The maximum atomic E-state index is 10.9. The van der Waals surface area contributed by atoms with E-state index in [4.69, 9.17) is 15.0 Å². The van der Waals surface area contributed by atoms with Gasteiger partial charge in [-0.25, -0.2) is 0 Å². The fraction of sp³-hybridized carbons (Fsp3) is 0.0909. The van der Waals surface area contributed by atoms with Crippen LogP contribution in [-0.4, -0.2) is 18.6 Å². The maximum absolute atomic E-state index is 10.9. The summed E-state index contributed by atoms with van der Waals surface area (Å²) >= 11 is 0. The quantitative estimate of drug-likeness (QED) is 0.794. The summed E-state index contributed by atoms with van der Waals surface area (Å²) in [6.45, 7) is 0. The van der Waals surface area contributed by atoms with Crippen LogP contribution in [0.2, 0.25) is 0 Å². The summed E-state index contributed by atoms with van der Waals surface area (Å²) in [5.41, 5.74) is 7.08. The van der Waals surface area contributed by atoms with Crippen LogP contribution in [0.25, 0.3) is 11.3 Å². The molecule has 2 N–H and O–H groups in total. The molecule has 1 heterocycles. The average Bonchev–Trinajstić information content (AvgIpc) is 2.75. The lowest BCUT2D eigenvalue weighted by molar-refractivity contribution is 0.112. The normalized spacial score (nSPS) is 10.1. The highest BCUT2D eigenvalue weighted by Crippen LogP contribution is 2.27. The molecule has 2 rings (SSSR count). The number of carbonyl (C=O) groups is 1. The number of rotatable bonds is 3. The molecule has 16 heavy (non-hydrogen) atoms. The summed E-state index contributed by atoms with van der Waals surface area (Å²) in [6, 6.07) is 6.63. The fourth-order valence-corrected chi connectivity index (χ4v) is 1.40. The van der Waals surface area contributed by atoms with Gasteiger partial charge in [0.05, 0.1) is 7.11 Å². The van der Waals surface area contributed by atoms with Crippen LogP contribution in [0.1, 0.15) is 10.4 Å². The number of nitrogens with zero attached hydrogens (tertiary/aromatic N) is 1. The van der Waals surface area contributed by atoms with Gasteiger partial charge in [-0.15, -0.1) is 0 Å². The number of nitrogen functional groups attached to an aromatic ring is 1. The summed E-state index contributed by atoms with van der Waals surface area (Å²) in [5, 5.41) is 3.76. The van der Waals surface area contributed by atoms with Gasteiger partial charge in [0.25, 0.3) is 0 Å². The molecule has 1 aromatic carbocycles. The molecule has 0 amide bonds. The van der Waals surface area contributed by atoms with E-state index >= 15 is 0 Å². The van der Waals surface area contributed by atoms with Gasteiger partial charge in [-0.1, -0.05) is 5.16 Å². The van der Waals surface area contributed by atoms with Crippen LogP contribution in [0.4, 0.5) is 5.88 Å². The number of aromatic nitrogens is 1. The average molecular weight is 218 g/mol. The Morgan fingerprint density at radius 3 is 2.81 bits per heavy atom. The molecule has 0 aliphatic carbocycles. The van der Waals surface area contributed by atoms with Gasteiger partial charge in [-0.05, 0) is 18.2 Å². The van der Waals surface area contributed by atoms with Gasteiger partial charge >= 0.3 is 0 Å². The third-order valence-corrected chi connectivity index (χ3v) is 2.19. The Balaban J connectivity index is 2.56. The van der Waals surface area contributed by atoms with Crippen molar-refractivity contribution in [2.24, 2.45) is 0 Å². The summed E-state index contributed by atoms with van der Waals surface area (Å²) in [6.07, 6.45) is 0.750. The Morgan fingerprint density at radius 1 is 1.44 bits per heavy atom. The lowest BCUT2D eigenvalue weighted by Gasteiger charge is -2.04. The predicted molar refractivity (Wildman–Crippen MR) is 58.3 cm³/mol. The predicted octanol–water partition coefficient (Wildman–Crippen LogP) is 1.74. The van der Waals surface area contributed by atoms with E-state index in [2.05, 4.69) is 5.16 Å². The number of hydrogen-bond donors (Lipinski definition) is 1. The molecule has 0 saturated carbocycles. The van der Waals surface area contributed by atoms with Gasteiger partial charge in [-0.2, -0.15) is 0 Å². The Hall–Kier alpha value is -2.30. The molecule has 0 aliphatic heterocycles. The minimum absolute atomic E-state index is 0.203. The second-order valence-corrected chi connectivity index (χ2v) is 3.19. The Labute approximate surface area is 91.8 Å². The SMILES string of the molecule is COc1ccc(C=O)c(-c2cc(N)on2)c1. The third kappa shape index (κ3) is 1.75. The first-order valence-electron chi connectivity index (χ1n) is 4.60. The van der Waals surface area contributed by atoms with Gasteiger partial charge < -0.3 is 15.0 Å². The minimum atomic E-state index is 0.203. The van der Waals surface area contributed by atoms with Crippen LogP contribution in [0.15, 0.2) is 28.8 Å². The lowest BCUT2D eigenvalue weighted by atomic mass is 10.1. The molecule has 5 nitrogen and oxygen atoms in total. The Bertz CT molecular complexity index is 520. The molecule has 5 heteroatoms. The number of nitrogens with two attached hydrogens (primary N) is 1. The molecule has 0 saturated heterocycles. The van der Waals surface area contributed by atoms with Crippen molar-refractivity contribution in [3.63, 3.8) is 0 Å². The number of methoxy groups -OCH3 is 1. The van der Waals surface area contributed by atoms with E-state index in [1.54, 1.807) is 31.4 Å². The van der Waals surface area contributed by atoms with Crippen LogP contribution >= 0.6 is 0 Å². The molecule has 2 aromatic rings. The highest BCUT2D eigenvalue weighted by molar-refractivity contribution is 5.87. The van der Waals surface area contributed by atoms with Crippen molar-refractivity contribution in [3.8, 4) is 17.0 Å². The van der Waals surface area contributed by atoms with Crippen molar-refractivity contribution in [3.05, 3.63) is 29.8 Å².